The molecule has 0 radical (unpaired) electrons. The molecule has 2 aromatic carbocycles. The largest absolute Gasteiger partial charge is 0.443 e. The zero-order valence-corrected chi connectivity index (χ0v) is 11.6. The zero-order valence-electron chi connectivity index (χ0n) is 10.1. The van der Waals surface area contributed by atoms with Gasteiger partial charge in [0.05, 0.1) is 11.4 Å². The monoisotopic (exact) mass is 317 g/mol. The van der Waals surface area contributed by atoms with Crippen LogP contribution in [-0.2, 0) is 6.54 Å². The molecular formula is C14H12BrN3O. The number of benzene rings is 2. The summed E-state index contributed by atoms with van der Waals surface area (Å²) in [5.74, 6) is 0. The van der Waals surface area contributed by atoms with Crippen molar-refractivity contribution in [2.45, 2.75) is 6.54 Å². The Morgan fingerprint density at radius 1 is 1.21 bits per heavy atom. The van der Waals surface area contributed by atoms with E-state index in [9.17, 15) is 0 Å². The van der Waals surface area contributed by atoms with Crippen LogP contribution in [0.3, 0.4) is 0 Å². The molecule has 5 heteroatoms. The highest BCUT2D eigenvalue weighted by Crippen LogP contribution is 2.24. The highest BCUT2D eigenvalue weighted by Gasteiger charge is 2.02. The SMILES string of the molecule is Nc1cc(Br)ccc1NCc1ccc2ncoc2c1. The van der Waals surface area contributed by atoms with Crippen molar-refractivity contribution in [1.82, 2.24) is 4.98 Å². The summed E-state index contributed by atoms with van der Waals surface area (Å²) in [7, 11) is 0. The number of oxazole rings is 1. The van der Waals surface area contributed by atoms with Crippen molar-refractivity contribution >= 4 is 38.4 Å². The molecule has 0 atom stereocenters. The number of nitrogens with two attached hydrogens (primary N) is 1. The number of halogens is 1. The Balaban J connectivity index is 1.77. The maximum absolute atomic E-state index is 5.94. The molecule has 4 nitrogen and oxygen atoms in total. The van der Waals surface area contributed by atoms with E-state index in [1.807, 2.05) is 36.4 Å². The van der Waals surface area contributed by atoms with Gasteiger partial charge in [0.25, 0.3) is 0 Å². The number of hydrogen-bond donors (Lipinski definition) is 2. The second kappa shape index (κ2) is 4.93. The lowest BCUT2D eigenvalue weighted by molar-refractivity contribution is 0.602. The number of rotatable bonds is 3. The number of nitrogen functional groups attached to an aromatic ring is 1. The molecule has 0 saturated heterocycles. The maximum Gasteiger partial charge on any atom is 0.181 e. The minimum Gasteiger partial charge on any atom is -0.443 e. The van der Waals surface area contributed by atoms with E-state index in [0.717, 1.165) is 32.5 Å². The standard InChI is InChI=1S/C14H12BrN3O/c15-10-2-4-12(11(16)6-10)17-7-9-1-3-13-14(5-9)19-8-18-13/h1-6,8,17H,7,16H2. The molecule has 1 aromatic heterocycles. The van der Waals surface area contributed by atoms with Crippen molar-refractivity contribution in [3.8, 4) is 0 Å². The Kier molecular flexibility index (Phi) is 3.13. The normalized spacial score (nSPS) is 10.8. The number of nitrogens with one attached hydrogen (secondary N) is 1. The Morgan fingerprint density at radius 3 is 2.95 bits per heavy atom. The predicted octanol–water partition coefficient (Wildman–Crippen LogP) is 3.78. The second-order valence-electron chi connectivity index (χ2n) is 4.24. The molecule has 0 spiro atoms. The minimum absolute atomic E-state index is 0.683. The molecule has 3 rings (SSSR count). The zero-order chi connectivity index (χ0) is 13.2. The summed E-state index contributed by atoms with van der Waals surface area (Å²) in [5, 5.41) is 3.31. The van der Waals surface area contributed by atoms with Crippen LogP contribution in [-0.4, -0.2) is 4.98 Å². The van der Waals surface area contributed by atoms with E-state index in [2.05, 4.69) is 26.2 Å². The van der Waals surface area contributed by atoms with Gasteiger partial charge in [-0.05, 0) is 35.9 Å². The Morgan fingerprint density at radius 2 is 2.11 bits per heavy atom. The molecule has 0 unspecified atom stereocenters. The van der Waals surface area contributed by atoms with Crippen LogP contribution in [0.25, 0.3) is 11.1 Å². The first-order chi connectivity index (χ1) is 9.22. The first-order valence-corrected chi connectivity index (χ1v) is 6.63. The molecule has 0 fully saturated rings. The fourth-order valence-electron chi connectivity index (χ4n) is 1.90. The fraction of sp³-hybridized carbons (Fsp3) is 0.0714. The third-order valence-corrected chi connectivity index (χ3v) is 3.39. The van der Waals surface area contributed by atoms with Crippen LogP contribution < -0.4 is 11.1 Å². The second-order valence-corrected chi connectivity index (χ2v) is 5.16. The third-order valence-electron chi connectivity index (χ3n) is 2.89. The maximum atomic E-state index is 5.94. The highest BCUT2D eigenvalue weighted by molar-refractivity contribution is 9.10. The molecule has 0 aliphatic rings. The average molecular weight is 318 g/mol. The van der Waals surface area contributed by atoms with Gasteiger partial charge in [0.2, 0.25) is 0 Å². The van der Waals surface area contributed by atoms with E-state index in [1.165, 1.54) is 6.39 Å². The molecular weight excluding hydrogens is 306 g/mol. The van der Waals surface area contributed by atoms with E-state index < -0.39 is 0 Å². The van der Waals surface area contributed by atoms with Crippen molar-refractivity contribution in [2.75, 3.05) is 11.1 Å². The summed E-state index contributed by atoms with van der Waals surface area (Å²) in [6.45, 7) is 0.683. The smallest absolute Gasteiger partial charge is 0.181 e. The molecule has 19 heavy (non-hydrogen) atoms. The lowest BCUT2D eigenvalue weighted by Gasteiger charge is -2.09. The fourth-order valence-corrected chi connectivity index (χ4v) is 2.28. The Labute approximate surface area is 118 Å². The van der Waals surface area contributed by atoms with Gasteiger partial charge in [-0.15, -0.1) is 0 Å². The lowest BCUT2D eigenvalue weighted by Crippen LogP contribution is -2.02. The molecule has 0 amide bonds. The average Bonchev–Trinajstić information content (AvgIpc) is 2.85. The van der Waals surface area contributed by atoms with Crippen molar-refractivity contribution < 1.29 is 4.42 Å². The van der Waals surface area contributed by atoms with Crippen LogP contribution in [0, 0.1) is 0 Å². The molecule has 3 N–H and O–H groups in total. The van der Waals surface area contributed by atoms with Gasteiger partial charge in [-0.1, -0.05) is 22.0 Å². The first-order valence-electron chi connectivity index (χ1n) is 5.83. The van der Waals surface area contributed by atoms with Gasteiger partial charge in [0.15, 0.2) is 12.0 Å². The predicted molar refractivity (Wildman–Crippen MR) is 79.9 cm³/mol. The lowest BCUT2D eigenvalue weighted by atomic mass is 10.2. The van der Waals surface area contributed by atoms with Gasteiger partial charge in [0.1, 0.15) is 5.52 Å². The third kappa shape index (κ3) is 2.56. The first kappa shape index (κ1) is 12.0. The topological polar surface area (TPSA) is 64.1 Å². The van der Waals surface area contributed by atoms with Crippen molar-refractivity contribution in [3.05, 3.63) is 52.8 Å². The quantitative estimate of drug-likeness (QED) is 0.721. The summed E-state index contributed by atoms with van der Waals surface area (Å²) in [6, 6.07) is 11.7. The van der Waals surface area contributed by atoms with Gasteiger partial charge in [-0.3, -0.25) is 0 Å². The van der Waals surface area contributed by atoms with Gasteiger partial charge in [-0.2, -0.15) is 0 Å². The Hall–Kier alpha value is -2.01. The number of aromatic nitrogens is 1. The molecule has 0 saturated carbocycles. The number of anilines is 2. The number of nitrogens with zero attached hydrogens (tertiary/aromatic N) is 1. The van der Waals surface area contributed by atoms with Crippen LogP contribution >= 0.6 is 15.9 Å². The van der Waals surface area contributed by atoms with E-state index in [4.69, 9.17) is 10.2 Å². The van der Waals surface area contributed by atoms with Gasteiger partial charge in [-0.25, -0.2) is 4.98 Å². The van der Waals surface area contributed by atoms with E-state index in [-0.39, 0.29) is 0 Å². The molecule has 0 bridgehead atoms. The van der Waals surface area contributed by atoms with E-state index >= 15 is 0 Å². The van der Waals surface area contributed by atoms with Crippen LogP contribution in [0.15, 0.2) is 51.7 Å². The van der Waals surface area contributed by atoms with Crippen LogP contribution in [0.2, 0.25) is 0 Å². The number of fused-ring (bicyclic) bond motifs is 1. The summed E-state index contributed by atoms with van der Waals surface area (Å²) >= 11 is 3.39. The summed E-state index contributed by atoms with van der Waals surface area (Å²) in [6.07, 6.45) is 1.45. The molecule has 0 aliphatic carbocycles. The minimum atomic E-state index is 0.683. The molecule has 3 aromatic rings. The van der Waals surface area contributed by atoms with E-state index in [1.54, 1.807) is 0 Å². The van der Waals surface area contributed by atoms with Crippen LogP contribution in [0.5, 0.6) is 0 Å². The summed E-state index contributed by atoms with van der Waals surface area (Å²) < 4.78 is 6.25. The highest BCUT2D eigenvalue weighted by atomic mass is 79.9. The Bertz CT molecular complexity index is 724. The van der Waals surface area contributed by atoms with Gasteiger partial charge in [0, 0.05) is 11.0 Å². The molecule has 0 aliphatic heterocycles. The van der Waals surface area contributed by atoms with Crippen molar-refractivity contribution in [3.63, 3.8) is 0 Å². The van der Waals surface area contributed by atoms with Crippen molar-refractivity contribution in [1.29, 1.82) is 0 Å². The van der Waals surface area contributed by atoms with Crippen molar-refractivity contribution in [2.24, 2.45) is 0 Å². The molecule has 96 valence electrons. The van der Waals surface area contributed by atoms with Gasteiger partial charge >= 0.3 is 0 Å². The van der Waals surface area contributed by atoms with Crippen LogP contribution in [0.1, 0.15) is 5.56 Å². The van der Waals surface area contributed by atoms with Gasteiger partial charge < -0.3 is 15.5 Å². The summed E-state index contributed by atoms with van der Waals surface area (Å²) in [5.41, 5.74) is 10.4. The summed E-state index contributed by atoms with van der Waals surface area (Å²) in [4.78, 5) is 4.09. The molecule has 1 heterocycles. The van der Waals surface area contributed by atoms with E-state index in [0.29, 0.717) is 6.54 Å². The number of hydrogen-bond acceptors (Lipinski definition) is 4. The van der Waals surface area contributed by atoms with Crippen LogP contribution in [0.4, 0.5) is 11.4 Å².